The lowest BCUT2D eigenvalue weighted by Crippen LogP contribution is -2.30. The smallest absolute Gasteiger partial charge is 0.265 e. The molecule has 0 bridgehead atoms. The summed E-state index contributed by atoms with van der Waals surface area (Å²) in [6.07, 6.45) is -0.593. The fourth-order valence-electron chi connectivity index (χ4n) is 3.76. The van der Waals surface area contributed by atoms with Gasteiger partial charge in [-0.05, 0) is 75.2 Å². The largest absolute Gasteiger partial charge is 0.481 e. The molecule has 4 heteroatoms. The van der Waals surface area contributed by atoms with E-state index in [1.807, 2.05) is 43.3 Å². The number of carbonyl (C=O) groups excluding carboxylic acids is 1. The van der Waals surface area contributed by atoms with E-state index in [-0.39, 0.29) is 5.91 Å². The van der Waals surface area contributed by atoms with Gasteiger partial charge >= 0.3 is 0 Å². The minimum absolute atomic E-state index is 0.165. The number of hydrogen-bond donors (Lipinski definition) is 1. The lowest BCUT2D eigenvalue weighted by atomic mass is 10.1. The van der Waals surface area contributed by atoms with Crippen molar-refractivity contribution in [2.24, 2.45) is 0 Å². The Bertz CT molecular complexity index is 1210. The van der Waals surface area contributed by atoms with Crippen molar-refractivity contribution in [3.05, 3.63) is 71.8 Å². The molecule has 1 atom stereocenters. The van der Waals surface area contributed by atoms with Crippen LogP contribution in [0, 0.1) is 13.8 Å². The van der Waals surface area contributed by atoms with Crippen LogP contribution in [0.4, 0.5) is 5.69 Å². The van der Waals surface area contributed by atoms with Crippen molar-refractivity contribution in [2.75, 3.05) is 5.32 Å². The molecule has 0 unspecified atom stereocenters. The molecule has 0 spiro atoms. The monoisotopic (exact) mass is 386 g/mol. The average molecular weight is 386 g/mol. The lowest BCUT2D eigenvalue weighted by Gasteiger charge is -2.16. The van der Waals surface area contributed by atoms with Crippen LogP contribution in [-0.2, 0) is 11.3 Å². The first-order valence-electron chi connectivity index (χ1n) is 10.0. The first-order chi connectivity index (χ1) is 14.0. The van der Waals surface area contributed by atoms with Crippen LogP contribution >= 0.6 is 0 Å². The topological polar surface area (TPSA) is 43.3 Å². The van der Waals surface area contributed by atoms with Crippen molar-refractivity contribution in [3.63, 3.8) is 0 Å². The molecule has 1 N–H and O–H groups in total. The van der Waals surface area contributed by atoms with E-state index >= 15 is 0 Å². The van der Waals surface area contributed by atoms with Gasteiger partial charge in [-0.25, -0.2) is 0 Å². The predicted octanol–water partition coefficient (Wildman–Crippen LogP) is 5.84. The quantitative estimate of drug-likeness (QED) is 0.468. The van der Waals surface area contributed by atoms with Crippen molar-refractivity contribution >= 4 is 33.4 Å². The number of amides is 1. The fourth-order valence-corrected chi connectivity index (χ4v) is 3.76. The van der Waals surface area contributed by atoms with Gasteiger partial charge in [-0.15, -0.1) is 0 Å². The number of aromatic nitrogens is 1. The molecule has 29 heavy (non-hydrogen) atoms. The maximum atomic E-state index is 12.7. The number of hydrogen-bond acceptors (Lipinski definition) is 2. The van der Waals surface area contributed by atoms with Gasteiger partial charge in [0.05, 0.1) is 0 Å². The molecule has 1 aromatic heterocycles. The third kappa shape index (κ3) is 3.58. The number of rotatable bonds is 5. The molecule has 4 nitrogen and oxygen atoms in total. The summed E-state index contributed by atoms with van der Waals surface area (Å²) in [5.74, 6) is 0.541. The summed E-state index contributed by atoms with van der Waals surface area (Å²) >= 11 is 0. The Morgan fingerprint density at radius 2 is 1.72 bits per heavy atom. The molecule has 0 aliphatic carbocycles. The highest BCUT2D eigenvalue weighted by atomic mass is 16.5. The Morgan fingerprint density at radius 3 is 2.48 bits per heavy atom. The van der Waals surface area contributed by atoms with Crippen molar-refractivity contribution < 1.29 is 9.53 Å². The van der Waals surface area contributed by atoms with Gasteiger partial charge in [0.2, 0.25) is 0 Å². The van der Waals surface area contributed by atoms with Gasteiger partial charge < -0.3 is 14.6 Å². The lowest BCUT2D eigenvalue weighted by molar-refractivity contribution is -0.122. The molecule has 0 fully saturated rings. The molecule has 1 amide bonds. The van der Waals surface area contributed by atoms with Gasteiger partial charge in [-0.3, -0.25) is 4.79 Å². The normalized spacial score (nSPS) is 12.3. The highest BCUT2D eigenvalue weighted by Gasteiger charge is 2.16. The Labute approximate surface area is 171 Å². The van der Waals surface area contributed by atoms with Crippen molar-refractivity contribution in [3.8, 4) is 5.75 Å². The predicted molar refractivity (Wildman–Crippen MR) is 120 cm³/mol. The third-order valence-electron chi connectivity index (χ3n) is 5.52. The van der Waals surface area contributed by atoms with Gasteiger partial charge in [0, 0.05) is 34.0 Å². The highest BCUT2D eigenvalue weighted by Crippen LogP contribution is 2.31. The van der Waals surface area contributed by atoms with Gasteiger partial charge in [0.15, 0.2) is 6.10 Å². The Balaban J connectivity index is 1.57. The summed E-state index contributed by atoms with van der Waals surface area (Å²) in [7, 11) is 0. The van der Waals surface area contributed by atoms with Crippen molar-refractivity contribution in [1.82, 2.24) is 4.57 Å². The number of anilines is 1. The summed E-state index contributed by atoms with van der Waals surface area (Å²) in [6, 6.07) is 20.3. The van der Waals surface area contributed by atoms with E-state index in [9.17, 15) is 4.79 Å². The minimum atomic E-state index is -0.593. The second-order valence-electron chi connectivity index (χ2n) is 7.49. The fraction of sp³-hybridized carbons (Fsp3) is 0.240. The van der Waals surface area contributed by atoms with E-state index < -0.39 is 6.10 Å². The van der Waals surface area contributed by atoms with Crippen LogP contribution < -0.4 is 10.1 Å². The second kappa shape index (κ2) is 7.63. The van der Waals surface area contributed by atoms with E-state index in [1.54, 1.807) is 6.92 Å². The summed E-state index contributed by atoms with van der Waals surface area (Å²) in [5, 5.41) is 5.33. The Morgan fingerprint density at radius 1 is 0.966 bits per heavy atom. The third-order valence-corrected chi connectivity index (χ3v) is 5.52. The van der Waals surface area contributed by atoms with Gasteiger partial charge in [0.25, 0.3) is 5.91 Å². The number of benzene rings is 3. The van der Waals surface area contributed by atoms with Crippen LogP contribution in [0.3, 0.4) is 0 Å². The second-order valence-corrected chi connectivity index (χ2v) is 7.49. The number of ether oxygens (including phenoxy) is 1. The average Bonchev–Trinajstić information content (AvgIpc) is 3.03. The first kappa shape index (κ1) is 19.1. The van der Waals surface area contributed by atoms with Crippen LogP contribution in [-0.4, -0.2) is 16.6 Å². The molecule has 0 aliphatic heterocycles. The Kier molecular flexibility index (Phi) is 5.01. The van der Waals surface area contributed by atoms with E-state index in [0.29, 0.717) is 5.75 Å². The van der Waals surface area contributed by atoms with Crippen molar-refractivity contribution in [1.29, 1.82) is 0 Å². The minimum Gasteiger partial charge on any atom is -0.481 e. The molecule has 148 valence electrons. The number of carbonyl (C=O) groups is 1. The van der Waals surface area contributed by atoms with E-state index in [1.165, 1.54) is 22.0 Å². The SMILES string of the molecule is CCn1c2ccccc2c2cc(NC(=O)[C@H](C)Oc3ccc(C)c(C)c3)ccc21. The standard InChI is InChI=1S/C25H26N2O2/c1-5-27-23-9-7-6-8-21(23)22-15-19(11-13-24(22)27)26-25(28)18(4)29-20-12-10-16(2)17(3)14-20/h6-15,18H,5H2,1-4H3,(H,26,28)/t18-/m0/s1. The summed E-state index contributed by atoms with van der Waals surface area (Å²) in [4.78, 5) is 12.7. The summed E-state index contributed by atoms with van der Waals surface area (Å²) in [5.41, 5.74) is 5.50. The summed E-state index contributed by atoms with van der Waals surface area (Å²) in [6.45, 7) is 8.91. The molecule has 4 aromatic rings. The summed E-state index contributed by atoms with van der Waals surface area (Å²) < 4.78 is 8.14. The maximum Gasteiger partial charge on any atom is 0.265 e. The molecule has 0 saturated carbocycles. The zero-order chi connectivity index (χ0) is 20.5. The highest BCUT2D eigenvalue weighted by molar-refractivity contribution is 6.10. The molecular formula is C25H26N2O2. The van der Waals surface area contributed by atoms with E-state index in [4.69, 9.17) is 4.74 Å². The molecule has 1 heterocycles. The number of fused-ring (bicyclic) bond motifs is 3. The molecule has 4 rings (SSSR count). The van der Waals surface area contributed by atoms with E-state index in [0.717, 1.165) is 23.2 Å². The van der Waals surface area contributed by atoms with Crippen LogP contribution in [0.1, 0.15) is 25.0 Å². The van der Waals surface area contributed by atoms with Crippen LogP contribution in [0.5, 0.6) is 5.75 Å². The van der Waals surface area contributed by atoms with Gasteiger partial charge in [-0.2, -0.15) is 0 Å². The van der Waals surface area contributed by atoms with Crippen LogP contribution in [0.15, 0.2) is 60.7 Å². The van der Waals surface area contributed by atoms with Crippen LogP contribution in [0.2, 0.25) is 0 Å². The maximum absolute atomic E-state index is 12.7. The zero-order valence-electron chi connectivity index (χ0n) is 17.3. The number of nitrogens with zero attached hydrogens (tertiary/aromatic N) is 1. The van der Waals surface area contributed by atoms with E-state index in [2.05, 4.69) is 48.0 Å². The van der Waals surface area contributed by atoms with Crippen molar-refractivity contribution in [2.45, 2.75) is 40.3 Å². The molecular weight excluding hydrogens is 360 g/mol. The Hall–Kier alpha value is -3.27. The molecule has 0 radical (unpaired) electrons. The molecule has 0 saturated heterocycles. The first-order valence-corrected chi connectivity index (χ1v) is 10.0. The van der Waals surface area contributed by atoms with Crippen LogP contribution in [0.25, 0.3) is 21.8 Å². The molecule has 3 aromatic carbocycles. The number of para-hydroxylation sites is 1. The zero-order valence-corrected chi connectivity index (χ0v) is 17.3. The number of nitrogens with one attached hydrogen (secondary N) is 1. The molecule has 0 aliphatic rings. The van der Waals surface area contributed by atoms with Gasteiger partial charge in [0.1, 0.15) is 5.75 Å². The van der Waals surface area contributed by atoms with Gasteiger partial charge in [-0.1, -0.05) is 24.3 Å². The number of aryl methyl sites for hydroxylation is 3.